The number of benzene rings is 1. The molecule has 0 bridgehead atoms. The number of nitrogens with zero attached hydrogens (tertiary/aromatic N) is 1. The highest BCUT2D eigenvalue weighted by atomic mass is 16.3. The van der Waals surface area contributed by atoms with Crippen molar-refractivity contribution >= 4 is 17.7 Å². The molecule has 29 heavy (non-hydrogen) atoms. The number of furan rings is 1. The van der Waals surface area contributed by atoms with Crippen LogP contribution in [-0.4, -0.2) is 35.7 Å². The molecular formula is C22H27N3O4. The van der Waals surface area contributed by atoms with Gasteiger partial charge >= 0.3 is 0 Å². The Hall–Kier alpha value is -3.09. The summed E-state index contributed by atoms with van der Waals surface area (Å²) in [5.41, 5.74) is 7.04. The molecule has 7 nitrogen and oxygen atoms in total. The molecule has 1 fully saturated rings. The van der Waals surface area contributed by atoms with Crippen molar-refractivity contribution in [1.29, 1.82) is 0 Å². The van der Waals surface area contributed by atoms with Crippen molar-refractivity contribution in [2.45, 2.75) is 39.0 Å². The lowest BCUT2D eigenvalue weighted by Crippen LogP contribution is -2.50. The normalized spacial score (nSPS) is 16.9. The summed E-state index contributed by atoms with van der Waals surface area (Å²) in [4.78, 5) is 38.9. The first-order valence-electron chi connectivity index (χ1n) is 9.78. The van der Waals surface area contributed by atoms with E-state index in [-0.39, 0.29) is 29.1 Å². The quantitative estimate of drug-likeness (QED) is 0.779. The van der Waals surface area contributed by atoms with Gasteiger partial charge in [0.1, 0.15) is 6.26 Å². The van der Waals surface area contributed by atoms with Crippen molar-refractivity contribution in [3.8, 4) is 0 Å². The Morgan fingerprint density at radius 1 is 1.03 bits per heavy atom. The summed E-state index contributed by atoms with van der Waals surface area (Å²) in [5.74, 6) is -1.20. The fraction of sp³-hybridized carbons (Fsp3) is 0.409. The maximum atomic E-state index is 12.5. The second-order valence-electron chi connectivity index (χ2n) is 8.37. The zero-order valence-corrected chi connectivity index (χ0v) is 17.0. The van der Waals surface area contributed by atoms with E-state index in [1.54, 1.807) is 23.1 Å². The van der Waals surface area contributed by atoms with Crippen LogP contribution in [0.5, 0.6) is 0 Å². The van der Waals surface area contributed by atoms with E-state index in [1.807, 2.05) is 12.1 Å². The minimum atomic E-state index is -0.374. The maximum absolute atomic E-state index is 12.5. The summed E-state index contributed by atoms with van der Waals surface area (Å²) in [7, 11) is 0. The summed E-state index contributed by atoms with van der Waals surface area (Å²) < 4.78 is 4.96. The van der Waals surface area contributed by atoms with Crippen LogP contribution in [0.25, 0.3) is 0 Å². The van der Waals surface area contributed by atoms with Gasteiger partial charge in [-0.15, -0.1) is 0 Å². The summed E-state index contributed by atoms with van der Waals surface area (Å²) in [6, 6.07) is 8.92. The van der Waals surface area contributed by atoms with E-state index in [4.69, 9.17) is 4.42 Å². The molecule has 3 amide bonds. The number of amides is 3. The van der Waals surface area contributed by atoms with Gasteiger partial charge in [0.2, 0.25) is 5.91 Å². The zero-order valence-electron chi connectivity index (χ0n) is 17.0. The monoisotopic (exact) mass is 397 g/mol. The average Bonchev–Trinajstić information content (AvgIpc) is 3.25. The van der Waals surface area contributed by atoms with E-state index in [0.717, 1.165) is 12.0 Å². The second kappa shape index (κ2) is 8.51. The van der Waals surface area contributed by atoms with Gasteiger partial charge in [-0.3, -0.25) is 25.2 Å². The summed E-state index contributed by atoms with van der Waals surface area (Å²) >= 11 is 0. The Morgan fingerprint density at radius 3 is 2.38 bits per heavy atom. The molecule has 1 aliphatic rings. The highest BCUT2D eigenvalue weighted by Crippen LogP contribution is 2.22. The molecule has 154 valence electrons. The van der Waals surface area contributed by atoms with Gasteiger partial charge in [-0.1, -0.05) is 32.9 Å². The molecule has 2 N–H and O–H groups in total. The van der Waals surface area contributed by atoms with E-state index in [2.05, 4.69) is 31.6 Å². The van der Waals surface area contributed by atoms with E-state index in [9.17, 15) is 14.4 Å². The molecule has 0 unspecified atom stereocenters. The molecule has 0 radical (unpaired) electrons. The van der Waals surface area contributed by atoms with E-state index in [1.165, 1.54) is 12.5 Å². The molecule has 3 rings (SSSR count). The molecule has 1 aliphatic heterocycles. The van der Waals surface area contributed by atoms with Gasteiger partial charge in [0.25, 0.3) is 11.8 Å². The lowest BCUT2D eigenvalue weighted by molar-refractivity contribution is -0.127. The fourth-order valence-electron chi connectivity index (χ4n) is 3.36. The van der Waals surface area contributed by atoms with Crippen LogP contribution in [0.15, 0.2) is 47.3 Å². The van der Waals surface area contributed by atoms with Crippen LogP contribution in [0.1, 0.15) is 59.9 Å². The molecule has 1 aromatic carbocycles. The largest absolute Gasteiger partial charge is 0.472 e. The van der Waals surface area contributed by atoms with Gasteiger partial charge in [0.05, 0.1) is 17.7 Å². The number of hydrazine groups is 1. The molecule has 1 saturated heterocycles. The minimum Gasteiger partial charge on any atom is -0.472 e. The predicted molar refractivity (Wildman–Crippen MR) is 108 cm³/mol. The summed E-state index contributed by atoms with van der Waals surface area (Å²) in [5, 5.41) is 0. The van der Waals surface area contributed by atoms with Crippen LogP contribution in [0.3, 0.4) is 0 Å². The number of nitrogens with one attached hydrogen (secondary N) is 2. The minimum absolute atomic E-state index is 0.00394. The van der Waals surface area contributed by atoms with E-state index in [0.29, 0.717) is 30.6 Å². The van der Waals surface area contributed by atoms with Gasteiger partial charge in [0.15, 0.2) is 0 Å². The highest BCUT2D eigenvalue weighted by Gasteiger charge is 2.29. The summed E-state index contributed by atoms with van der Waals surface area (Å²) in [6.45, 7) is 7.22. The van der Waals surface area contributed by atoms with E-state index < -0.39 is 0 Å². The Kier molecular flexibility index (Phi) is 6.06. The van der Waals surface area contributed by atoms with Gasteiger partial charge in [-0.2, -0.15) is 0 Å². The van der Waals surface area contributed by atoms with Crippen LogP contribution in [-0.2, 0) is 10.2 Å². The van der Waals surface area contributed by atoms with Crippen LogP contribution in [0, 0.1) is 5.92 Å². The van der Waals surface area contributed by atoms with E-state index >= 15 is 0 Å². The maximum Gasteiger partial charge on any atom is 0.269 e. The number of piperidine rings is 1. The van der Waals surface area contributed by atoms with Crippen molar-refractivity contribution in [2.24, 2.45) is 5.92 Å². The number of hydrogen-bond acceptors (Lipinski definition) is 4. The Balaban J connectivity index is 1.53. The van der Waals surface area contributed by atoms with Gasteiger partial charge in [-0.05, 0) is 42.0 Å². The third kappa shape index (κ3) is 5.04. The molecule has 1 atom stereocenters. The lowest BCUT2D eigenvalue weighted by Gasteiger charge is -2.31. The Bertz CT molecular complexity index is 866. The van der Waals surface area contributed by atoms with Gasteiger partial charge in [0, 0.05) is 18.7 Å². The van der Waals surface area contributed by atoms with Crippen LogP contribution < -0.4 is 10.9 Å². The first-order valence-corrected chi connectivity index (χ1v) is 9.78. The predicted octanol–water partition coefficient (Wildman–Crippen LogP) is 2.89. The number of carbonyl (C=O) groups excluding carboxylic acids is 3. The SMILES string of the molecule is CC(C)(C)c1ccc(C(=O)NNC(=O)[C@@H]2CCCN(C(=O)c3ccoc3)C2)cc1. The molecule has 0 spiro atoms. The second-order valence-corrected chi connectivity index (χ2v) is 8.37. The average molecular weight is 397 g/mol. The standard InChI is InChI=1S/C22H27N3O4/c1-22(2,3)18-8-6-15(7-9-18)19(26)23-24-20(27)16-5-4-11-25(13-16)21(28)17-10-12-29-14-17/h6-10,12,14,16H,4-5,11,13H2,1-3H3,(H,23,26)(H,24,27)/t16-/m1/s1. The molecule has 1 aromatic heterocycles. The first kappa shape index (κ1) is 20.6. The Labute approximate surface area is 170 Å². The number of hydrogen-bond donors (Lipinski definition) is 2. The molecule has 0 aliphatic carbocycles. The number of rotatable bonds is 3. The smallest absolute Gasteiger partial charge is 0.269 e. The molecule has 2 heterocycles. The van der Waals surface area contributed by atoms with Crippen molar-refractivity contribution in [3.05, 3.63) is 59.5 Å². The highest BCUT2D eigenvalue weighted by molar-refractivity contribution is 5.96. The lowest BCUT2D eigenvalue weighted by atomic mass is 9.87. The molecule has 7 heteroatoms. The first-order chi connectivity index (χ1) is 13.8. The summed E-state index contributed by atoms with van der Waals surface area (Å²) in [6.07, 6.45) is 4.24. The third-order valence-electron chi connectivity index (χ3n) is 5.16. The van der Waals surface area contributed by atoms with Crippen LogP contribution >= 0.6 is 0 Å². The molecule has 0 saturated carbocycles. The Morgan fingerprint density at radius 2 is 1.76 bits per heavy atom. The van der Waals surface area contributed by atoms with Gasteiger partial charge < -0.3 is 9.32 Å². The van der Waals surface area contributed by atoms with Crippen LogP contribution in [0.4, 0.5) is 0 Å². The zero-order chi connectivity index (χ0) is 21.0. The third-order valence-corrected chi connectivity index (χ3v) is 5.16. The van der Waals surface area contributed by atoms with Crippen molar-refractivity contribution in [3.63, 3.8) is 0 Å². The van der Waals surface area contributed by atoms with Gasteiger partial charge in [-0.25, -0.2) is 0 Å². The molecular weight excluding hydrogens is 370 g/mol. The van der Waals surface area contributed by atoms with Crippen molar-refractivity contribution in [1.82, 2.24) is 15.8 Å². The van der Waals surface area contributed by atoms with Crippen molar-refractivity contribution in [2.75, 3.05) is 13.1 Å². The van der Waals surface area contributed by atoms with Crippen molar-refractivity contribution < 1.29 is 18.8 Å². The number of carbonyl (C=O) groups is 3. The topological polar surface area (TPSA) is 91.7 Å². The van der Waals surface area contributed by atoms with Crippen LogP contribution in [0.2, 0.25) is 0 Å². The fourth-order valence-corrected chi connectivity index (χ4v) is 3.36. The number of likely N-dealkylation sites (tertiary alicyclic amines) is 1. The molecule has 2 aromatic rings.